The van der Waals surface area contributed by atoms with Gasteiger partial charge < -0.3 is 16.4 Å². The average molecular weight is 342 g/mol. The summed E-state index contributed by atoms with van der Waals surface area (Å²) in [7, 11) is 0. The number of hydrogen-bond donors (Lipinski definition) is 2. The zero-order valence-electron chi connectivity index (χ0n) is 15.7. The highest BCUT2D eigenvalue weighted by Crippen LogP contribution is 2.14. The van der Waals surface area contributed by atoms with Crippen molar-refractivity contribution in [2.45, 2.75) is 96.8 Å². The Hall–Kier alpha value is -1.26. The smallest absolute Gasteiger partial charge is 0.309 e. The van der Waals surface area contributed by atoms with Gasteiger partial charge in [-0.1, -0.05) is 71.1 Å². The van der Waals surface area contributed by atoms with Gasteiger partial charge in [0, 0.05) is 19.5 Å². The molecule has 4 N–H and O–H groups in total. The first-order chi connectivity index (χ1) is 11.6. The Morgan fingerprint density at radius 1 is 0.875 bits per heavy atom. The lowest BCUT2D eigenvalue weighted by atomic mass is 10.1. The number of likely N-dealkylation sites (tertiary alicyclic amines) is 1. The minimum atomic E-state index is -0.833. The molecular formula is C19H39N3O2. The van der Waals surface area contributed by atoms with Gasteiger partial charge in [-0.2, -0.15) is 0 Å². The molecule has 1 saturated heterocycles. The van der Waals surface area contributed by atoms with E-state index < -0.39 is 6.03 Å². The lowest BCUT2D eigenvalue weighted by molar-refractivity contribution is -0.130. The predicted octanol–water partition coefficient (Wildman–Crippen LogP) is 4.33. The van der Waals surface area contributed by atoms with E-state index >= 15 is 0 Å². The summed E-state index contributed by atoms with van der Waals surface area (Å²) in [6.45, 7) is 4.29. The summed E-state index contributed by atoms with van der Waals surface area (Å²) in [5.74, 6) is 0.401. The first kappa shape index (κ1) is 22.7. The molecule has 0 aromatic heterocycles. The molecule has 1 aliphatic heterocycles. The van der Waals surface area contributed by atoms with Gasteiger partial charge in [-0.3, -0.25) is 4.79 Å². The number of unbranched alkanes of at least 4 members (excludes halogenated alkanes) is 9. The van der Waals surface area contributed by atoms with E-state index in [0.717, 1.165) is 25.9 Å². The molecule has 3 amide bonds. The van der Waals surface area contributed by atoms with Crippen LogP contribution in [-0.4, -0.2) is 29.9 Å². The third kappa shape index (κ3) is 15.6. The van der Waals surface area contributed by atoms with Gasteiger partial charge in [0.15, 0.2) is 0 Å². The summed E-state index contributed by atoms with van der Waals surface area (Å²) >= 11 is 0. The Morgan fingerprint density at radius 2 is 1.38 bits per heavy atom. The van der Waals surface area contributed by atoms with E-state index in [9.17, 15) is 4.79 Å². The molecule has 142 valence electrons. The fraction of sp³-hybridized carbons (Fsp3) is 0.895. The van der Waals surface area contributed by atoms with Crippen LogP contribution in [0.2, 0.25) is 0 Å². The topological polar surface area (TPSA) is 89.4 Å². The van der Waals surface area contributed by atoms with Crippen LogP contribution < -0.4 is 11.5 Å². The predicted molar refractivity (Wildman–Crippen MR) is 101 cm³/mol. The van der Waals surface area contributed by atoms with Crippen LogP contribution in [0, 0.1) is 0 Å². The van der Waals surface area contributed by atoms with Gasteiger partial charge in [0.2, 0.25) is 5.91 Å². The lowest BCUT2D eigenvalue weighted by Gasteiger charge is -2.20. The van der Waals surface area contributed by atoms with Crippen molar-refractivity contribution in [3.63, 3.8) is 0 Å². The van der Waals surface area contributed by atoms with E-state index in [0.29, 0.717) is 5.91 Å². The number of nitrogens with two attached hydrogens (primary N) is 2. The molecule has 24 heavy (non-hydrogen) atoms. The van der Waals surface area contributed by atoms with Crippen LogP contribution in [-0.2, 0) is 4.79 Å². The average Bonchev–Trinajstić information content (AvgIpc) is 2.73. The van der Waals surface area contributed by atoms with Gasteiger partial charge >= 0.3 is 6.03 Å². The van der Waals surface area contributed by atoms with Gasteiger partial charge in [-0.05, 0) is 19.3 Å². The quantitative estimate of drug-likeness (QED) is 0.548. The maximum atomic E-state index is 11.8. The molecule has 0 radical (unpaired) electrons. The molecule has 5 heteroatoms. The van der Waals surface area contributed by atoms with Crippen LogP contribution in [0.3, 0.4) is 0 Å². The first-order valence-electron chi connectivity index (χ1n) is 9.90. The van der Waals surface area contributed by atoms with E-state index in [1.165, 1.54) is 77.0 Å². The summed E-state index contributed by atoms with van der Waals surface area (Å²) in [5, 5.41) is 0. The molecule has 0 bridgehead atoms. The Kier molecular flexibility index (Phi) is 15.7. The second kappa shape index (κ2) is 16.6. The van der Waals surface area contributed by atoms with Crippen LogP contribution in [0.1, 0.15) is 96.8 Å². The van der Waals surface area contributed by atoms with Gasteiger partial charge in [0.05, 0.1) is 0 Å². The fourth-order valence-corrected chi connectivity index (χ4v) is 3.07. The van der Waals surface area contributed by atoms with E-state index in [4.69, 9.17) is 4.79 Å². The molecule has 0 saturated carbocycles. The Morgan fingerprint density at radius 3 is 1.92 bits per heavy atom. The van der Waals surface area contributed by atoms with Crippen molar-refractivity contribution in [1.29, 1.82) is 0 Å². The zero-order valence-corrected chi connectivity index (χ0v) is 15.7. The molecule has 0 aliphatic carbocycles. The number of urea groups is 1. The van der Waals surface area contributed by atoms with Gasteiger partial charge in [0.25, 0.3) is 0 Å². The molecule has 1 rings (SSSR count). The number of hydrogen-bond acceptors (Lipinski definition) is 2. The maximum absolute atomic E-state index is 11.8. The van der Waals surface area contributed by atoms with E-state index in [1.807, 2.05) is 0 Å². The second-order valence-corrected chi connectivity index (χ2v) is 6.78. The summed E-state index contributed by atoms with van der Waals surface area (Å²) in [4.78, 5) is 22.9. The van der Waals surface area contributed by atoms with Crippen molar-refractivity contribution in [2.75, 3.05) is 13.1 Å². The van der Waals surface area contributed by atoms with E-state index in [-0.39, 0.29) is 0 Å². The summed E-state index contributed by atoms with van der Waals surface area (Å²) in [6, 6.07) is -0.833. The van der Waals surface area contributed by atoms with Gasteiger partial charge in [-0.25, -0.2) is 4.79 Å². The van der Waals surface area contributed by atoms with E-state index in [2.05, 4.69) is 23.3 Å². The number of carbonyl (C=O) groups excluding carboxylic acids is 2. The number of amides is 3. The molecule has 0 aromatic carbocycles. The minimum absolute atomic E-state index is 0.401. The number of primary amides is 2. The van der Waals surface area contributed by atoms with Crippen LogP contribution in [0.25, 0.3) is 0 Å². The van der Waals surface area contributed by atoms with Crippen LogP contribution >= 0.6 is 0 Å². The molecule has 1 aliphatic rings. The third-order valence-corrected chi connectivity index (χ3v) is 4.45. The standard InChI is InChI=1S/C18H35NO.CH4N2O/c1-2-3-4-5-6-7-8-9-10-13-16-19-17-14-11-12-15-18(19)20;2-1(3)4/h2-17H2,1H3;(H4,2,3,4). The Balaban J connectivity index is 0.00000118. The van der Waals surface area contributed by atoms with Crippen LogP contribution in [0.5, 0.6) is 0 Å². The molecule has 5 nitrogen and oxygen atoms in total. The van der Waals surface area contributed by atoms with Crippen molar-refractivity contribution in [3.8, 4) is 0 Å². The molecule has 1 fully saturated rings. The fourth-order valence-electron chi connectivity index (χ4n) is 3.07. The largest absolute Gasteiger partial charge is 0.352 e. The van der Waals surface area contributed by atoms with Crippen LogP contribution in [0.4, 0.5) is 4.79 Å². The number of rotatable bonds is 11. The minimum Gasteiger partial charge on any atom is -0.352 e. The molecule has 1 heterocycles. The van der Waals surface area contributed by atoms with E-state index in [1.54, 1.807) is 0 Å². The Labute approximate surface area is 148 Å². The number of nitrogens with zero attached hydrogens (tertiary/aromatic N) is 1. The zero-order chi connectivity index (χ0) is 18.0. The van der Waals surface area contributed by atoms with Crippen molar-refractivity contribution in [2.24, 2.45) is 11.5 Å². The highest BCUT2D eigenvalue weighted by molar-refractivity contribution is 5.76. The third-order valence-electron chi connectivity index (χ3n) is 4.45. The van der Waals surface area contributed by atoms with Crippen LogP contribution in [0.15, 0.2) is 0 Å². The SMILES string of the molecule is CCCCCCCCCCCCN1CCCCCC1=O.NC(N)=O. The monoisotopic (exact) mass is 341 g/mol. The summed E-state index contributed by atoms with van der Waals surface area (Å²) < 4.78 is 0. The van der Waals surface area contributed by atoms with Gasteiger partial charge in [0.1, 0.15) is 0 Å². The molecule has 0 aromatic rings. The van der Waals surface area contributed by atoms with Crippen molar-refractivity contribution >= 4 is 11.9 Å². The normalized spacial score (nSPS) is 14.7. The van der Waals surface area contributed by atoms with Crippen molar-refractivity contribution in [3.05, 3.63) is 0 Å². The highest BCUT2D eigenvalue weighted by Gasteiger charge is 2.15. The lowest BCUT2D eigenvalue weighted by Crippen LogP contribution is -2.31. The molecular weight excluding hydrogens is 302 g/mol. The Bertz CT molecular complexity index is 318. The molecule has 0 spiro atoms. The molecule has 0 unspecified atom stereocenters. The van der Waals surface area contributed by atoms with Crippen molar-refractivity contribution < 1.29 is 9.59 Å². The van der Waals surface area contributed by atoms with Crippen molar-refractivity contribution in [1.82, 2.24) is 4.90 Å². The summed E-state index contributed by atoms with van der Waals surface area (Å²) in [5.41, 5.74) is 8.50. The second-order valence-electron chi connectivity index (χ2n) is 6.78. The summed E-state index contributed by atoms with van der Waals surface area (Å²) in [6.07, 6.45) is 18.0. The molecule has 0 atom stereocenters. The number of carbonyl (C=O) groups is 2. The maximum Gasteiger partial charge on any atom is 0.309 e. The van der Waals surface area contributed by atoms with Gasteiger partial charge in [-0.15, -0.1) is 0 Å². The first-order valence-corrected chi connectivity index (χ1v) is 9.90. The highest BCUT2D eigenvalue weighted by atomic mass is 16.2.